The molecule has 0 saturated carbocycles. The number of aromatic nitrogens is 3. The van der Waals surface area contributed by atoms with E-state index in [0.717, 1.165) is 5.01 Å². The Kier molecular flexibility index (Phi) is 2.02. The molecular weight excluding hydrogens is 186 g/mol. The van der Waals surface area contributed by atoms with E-state index in [-0.39, 0.29) is 5.69 Å². The van der Waals surface area contributed by atoms with E-state index in [1.807, 2.05) is 13.1 Å². The first-order valence-electron chi connectivity index (χ1n) is 3.91. The zero-order valence-electron chi connectivity index (χ0n) is 7.15. The van der Waals surface area contributed by atoms with Gasteiger partial charge in [0.2, 0.25) is 0 Å². The van der Waals surface area contributed by atoms with Crippen molar-refractivity contribution in [3.05, 3.63) is 39.0 Å². The first-order valence-corrected chi connectivity index (χ1v) is 4.72. The van der Waals surface area contributed by atoms with Crippen LogP contribution >= 0.6 is 11.3 Å². The number of aryl methyl sites for hydroxylation is 1. The Labute approximate surface area is 78.9 Å². The van der Waals surface area contributed by atoms with E-state index in [2.05, 4.69) is 9.97 Å². The summed E-state index contributed by atoms with van der Waals surface area (Å²) in [6, 6.07) is 0. The molecule has 0 saturated heterocycles. The van der Waals surface area contributed by atoms with E-state index in [0.29, 0.717) is 6.54 Å². The molecule has 5 heteroatoms. The predicted octanol–water partition coefficient (Wildman–Crippen LogP) is 0.990. The van der Waals surface area contributed by atoms with Crippen LogP contribution < -0.4 is 5.69 Å². The quantitative estimate of drug-likeness (QED) is 0.776. The molecule has 68 valence electrons. The molecule has 0 amide bonds. The summed E-state index contributed by atoms with van der Waals surface area (Å²) in [5.74, 6) is 0. The van der Waals surface area contributed by atoms with Gasteiger partial charge in [-0.3, -0.25) is 4.57 Å². The minimum atomic E-state index is -0.0900. The molecule has 0 aliphatic rings. The van der Waals surface area contributed by atoms with Gasteiger partial charge in [0.15, 0.2) is 0 Å². The van der Waals surface area contributed by atoms with Crippen molar-refractivity contribution in [2.24, 2.45) is 0 Å². The number of hydrogen-bond acceptors (Lipinski definition) is 3. The molecule has 0 atom stereocenters. The second kappa shape index (κ2) is 3.18. The van der Waals surface area contributed by atoms with E-state index in [1.165, 1.54) is 4.88 Å². The van der Waals surface area contributed by atoms with Crippen molar-refractivity contribution in [2.45, 2.75) is 13.5 Å². The fraction of sp³-hybridized carbons (Fsp3) is 0.250. The number of thiazole rings is 1. The molecule has 0 unspecified atom stereocenters. The standard InChI is InChI=1S/C8H9N3OS/c1-6-4-10-7(13-6)5-11-3-2-9-8(11)12/h2-4H,5H2,1H3,(H,9,12). The van der Waals surface area contributed by atoms with E-state index < -0.39 is 0 Å². The Morgan fingerprint density at radius 1 is 1.69 bits per heavy atom. The number of rotatable bonds is 2. The molecule has 0 fully saturated rings. The number of imidazole rings is 1. The first kappa shape index (κ1) is 8.25. The average Bonchev–Trinajstić information content (AvgIpc) is 2.64. The van der Waals surface area contributed by atoms with Crippen LogP contribution in [0.25, 0.3) is 0 Å². The maximum Gasteiger partial charge on any atom is 0.325 e. The van der Waals surface area contributed by atoms with Crippen molar-refractivity contribution in [3.63, 3.8) is 0 Å². The highest BCUT2D eigenvalue weighted by Gasteiger charge is 2.01. The van der Waals surface area contributed by atoms with Crippen molar-refractivity contribution < 1.29 is 0 Å². The van der Waals surface area contributed by atoms with Gasteiger partial charge in [0, 0.05) is 23.5 Å². The zero-order valence-corrected chi connectivity index (χ0v) is 7.97. The Morgan fingerprint density at radius 2 is 2.54 bits per heavy atom. The molecule has 2 heterocycles. The average molecular weight is 195 g/mol. The summed E-state index contributed by atoms with van der Waals surface area (Å²) >= 11 is 1.61. The van der Waals surface area contributed by atoms with Gasteiger partial charge < -0.3 is 4.98 Å². The number of H-pyrrole nitrogens is 1. The highest BCUT2D eigenvalue weighted by atomic mass is 32.1. The van der Waals surface area contributed by atoms with Crippen LogP contribution in [0.1, 0.15) is 9.88 Å². The van der Waals surface area contributed by atoms with Crippen LogP contribution in [0.4, 0.5) is 0 Å². The number of hydrogen-bond donors (Lipinski definition) is 1. The van der Waals surface area contributed by atoms with Gasteiger partial charge in [-0.2, -0.15) is 0 Å². The summed E-state index contributed by atoms with van der Waals surface area (Å²) in [5, 5.41) is 0.958. The van der Waals surface area contributed by atoms with Crippen molar-refractivity contribution in [3.8, 4) is 0 Å². The third-order valence-corrected chi connectivity index (χ3v) is 2.59. The summed E-state index contributed by atoms with van der Waals surface area (Å²) in [7, 11) is 0. The number of nitrogens with one attached hydrogen (secondary N) is 1. The van der Waals surface area contributed by atoms with Crippen LogP contribution in [0.5, 0.6) is 0 Å². The van der Waals surface area contributed by atoms with Crippen LogP contribution in [-0.2, 0) is 6.54 Å². The highest BCUT2D eigenvalue weighted by molar-refractivity contribution is 7.11. The molecule has 0 aliphatic carbocycles. The van der Waals surface area contributed by atoms with Crippen LogP contribution in [0.3, 0.4) is 0 Å². The maximum absolute atomic E-state index is 11.1. The van der Waals surface area contributed by atoms with Crippen LogP contribution in [-0.4, -0.2) is 14.5 Å². The minimum Gasteiger partial charge on any atom is -0.313 e. The third kappa shape index (κ3) is 1.70. The van der Waals surface area contributed by atoms with Crippen LogP contribution in [0.15, 0.2) is 23.4 Å². The number of aromatic amines is 1. The molecule has 0 bridgehead atoms. The molecule has 13 heavy (non-hydrogen) atoms. The lowest BCUT2D eigenvalue weighted by molar-refractivity contribution is 0.756. The van der Waals surface area contributed by atoms with Gasteiger partial charge in [-0.05, 0) is 6.92 Å². The summed E-state index contributed by atoms with van der Waals surface area (Å²) in [6.45, 7) is 2.56. The SMILES string of the molecule is Cc1cnc(Cn2cc[nH]c2=O)s1. The van der Waals surface area contributed by atoms with Gasteiger partial charge in [-0.15, -0.1) is 11.3 Å². The smallest absolute Gasteiger partial charge is 0.313 e. The van der Waals surface area contributed by atoms with Crippen molar-refractivity contribution >= 4 is 11.3 Å². The van der Waals surface area contributed by atoms with E-state index in [9.17, 15) is 4.79 Å². The van der Waals surface area contributed by atoms with E-state index >= 15 is 0 Å². The van der Waals surface area contributed by atoms with Crippen LogP contribution in [0, 0.1) is 6.92 Å². The molecular formula is C8H9N3OS. The highest BCUT2D eigenvalue weighted by Crippen LogP contribution is 2.11. The van der Waals surface area contributed by atoms with E-state index in [4.69, 9.17) is 0 Å². The largest absolute Gasteiger partial charge is 0.325 e. The summed E-state index contributed by atoms with van der Waals surface area (Å²) < 4.78 is 1.60. The van der Waals surface area contributed by atoms with Crippen molar-refractivity contribution in [2.75, 3.05) is 0 Å². The zero-order chi connectivity index (χ0) is 9.26. The summed E-state index contributed by atoms with van der Waals surface area (Å²) in [5.41, 5.74) is -0.0900. The lowest BCUT2D eigenvalue weighted by atomic mass is 10.6. The van der Waals surface area contributed by atoms with Crippen molar-refractivity contribution in [1.29, 1.82) is 0 Å². The first-order chi connectivity index (χ1) is 6.25. The normalized spacial score (nSPS) is 10.5. The lowest BCUT2D eigenvalue weighted by Crippen LogP contribution is -2.16. The van der Waals surface area contributed by atoms with E-state index in [1.54, 1.807) is 28.3 Å². The second-order valence-corrected chi connectivity index (χ2v) is 4.08. The van der Waals surface area contributed by atoms with Gasteiger partial charge in [-0.1, -0.05) is 0 Å². The maximum atomic E-state index is 11.1. The molecule has 0 radical (unpaired) electrons. The second-order valence-electron chi connectivity index (χ2n) is 2.76. The summed E-state index contributed by atoms with van der Waals surface area (Å²) in [4.78, 5) is 19.0. The Balaban J connectivity index is 2.24. The minimum absolute atomic E-state index is 0.0900. The number of nitrogens with zero attached hydrogens (tertiary/aromatic N) is 2. The fourth-order valence-corrected chi connectivity index (χ4v) is 1.88. The van der Waals surface area contributed by atoms with Gasteiger partial charge in [0.05, 0.1) is 6.54 Å². The molecule has 2 rings (SSSR count). The monoisotopic (exact) mass is 195 g/mol. The molecule has 2 aromatic rings. The molecule has 1 N–H and O–H groups in total. The topological polar surface area (TPSA) is 50.7 Å². The Bertz CT molecular complexity index is 454. The van der Waals surface area contributed by atoms with Gasteiger partial charge >= 0.3 is 5.69 Å². The summed E-state index contributed by atoms with van der Waals surface area (Å²) in [6.07, 6.45) is 5.17. The Morgan fingerprint density at radius 3 is 3.08 bits per heavy atom. The predicted molar refractivity (Wildman–Crippen MR) is 51.0 cm³/mol. The molecule has 0 aromatic carbocycles. The molecule has 0 spiro atoms. The van der Waals surface area contributed by atoms with Crippen molar-refractivity contribution in [1.82, 2.24) is 14.5 Å². The molecule has 2 aromatic heterocycles. The van der Waals surface area contributed by atoms with Gasteiger partial charge in [0.1, 0.15) is 5.01 Å². The fourth-order valence-electron chi connectivity index (χ4n) is 1.09. The lowest BCUT2D eigenvalue weighted by Gasteiger charge is -1.94. The van der Waals surface area contributed by atoms with Gasteiger partial charge in [-0.25, -0.2) is 9.78 Å². The molecule has 4 nitrogen and oxygen atoms in total. The van der Waals surface area contributed by atoms with Crippen LogP contribution in [0.2, 0.25) is 0 Å². The third-order valence-electron chi connectivity index (χ3n) is 1.70. The van der Waals surface area contributed by atoms with Gasteiger partial charge in [0.25, 0.3) is 0 Å². The Hall–Kier alpha value is -1.36. The molecule has 0 aliphatic heterocycles.